The molecular weight excluding hydrogens is 1100 g/mol. The summed E-state index contributed by atoms with van der Waals surface area (Å²) in [5.41, 5.74) is 7.00. The summed E-state index contributed by atoms with van der Waals surface area (Å²) in [6.45, 7) is 14.1. The summed E-state index contributed by atoms with van der Waals surface area (Å²) < 4.78 is 16.1. The number of H-pyrrole nitrogens is 4. The average molecular weight is 1160 g/mol. The maximum Gasteiger partial charge on any atom is 1.00 e. The van der Waals surface area contributed by atoms with Gasteiger partial charge in [-0.1, -0.05) is 121 Å². The summed E-state index contributed by atoms with van der Waals surface area (Å²) in [5, 5.41) is 8.78. The zero-order valence-corrected chi connectivity index (χ0v) is 48.4. The summed E-state index contributed by atoms with van der Waals surface area (Å²) >= 11 is 4.61. The monoisotopic (exact) mass is 1160 g/mol. The standard InChI is InChI=1S/C13H12N2O3.C10H10N2.C6H6N2O3.C5H5N3O2.C5H4N2O3.C3H3ClO3.C3H4N2.3C3H8.Li/c1-18-13(17)11(16)12-14-7-8-15(12)9-10-5-3-2-4-6-10;1-2-4-10(5-3-1)8-12-7-6-11-9-12;1-11-6(10)4(9)5-7-2-3-8-5;6-4(10)3(9)5-7-1-2-8-5;8-3(5(9)10)4-6-1-2-7-4;1-7-3(6)2(4)5;1-2-5-3-4-1;3*1-3-2;/h2-8H,9H2,1H3;1-7,9H,8H2;2-3H,1H3,(H,7,8);1-2H,(H2,6,10)(H,7,8);1-2H,(H,6,7)(H,9,10);1H3;1-3H,(H,4,5);3*3H2,1-2H3;/q;;;;;;;;;;+1/p-1. The molecular formula is C54H67ClLiN13O14. The Morgan fingerprint density at radius 1 is 0.530 bits per heavy atom. The van der Waals surface area contributed by atoms with E-state index in [-0.39, 0.29) is 42.2 Å². The molecule has 0 spiro atoms. The maximum absolute atomic E-state index is 11.7. The molecule has 1 amide bonds. The molecule has 27 nitrogen and oxygen atoms in total. The summed E-state index contributed by atoms with van der Waals surface area (Å²) in [4.78, 5) is 137. The number of ketones is 4. The number of carbonyl (C=O) groups excluding carboxylic acids is 10. The molecule has 6 heterocycles. The number of carbonyl (C=O) groups is 10. The molecule has 6 aromatic heterocycles. The number of aromatic nitrogens is 12. The van der Waals surface area contributed by atoms with E-state index in [1.165, 1.54) is 75.3 Å². The van der Waals surface area contributed by atoms with Crippen LogP contribution in [0, 0.1) is 0 Å². The van der Waals surface area contributed by atoms with Crippen molar-refractivity contribution in [2.45, 2.75) is 73.9 Å². The first-order valence-corrected chi connectivity index (χ1v) is 24.7. The van der Waals surface area contributed by atoms with Gasteiger partial charge in [0, 0.05) is 87.5 Å². The van der Waals surface area contributed by atoms with E-state index >= 15 is 0 Å². The fraction of sp³-hybridized carbons (Fsp3) is 0.259. The quantitative estimate of drug-likeness (QED) is 0.0275. The molecule has 0 aliphatic rings. The number of aliphatic carboxylic acids is 1. The Labute approximate surface area is 495 Å². The van der Waals surface area contributed by atoms with E-state index in [9.17, 15) is 53.1 Å². The molecule has 83 heavy (non-hydrogen) atoms. The minimum Gasteiger partial charge on any atom is -0.541 e. The number of Topliss-reactive ketones (excluding diaryl/α,β-unsaturated/α-hetero) is 4. The Morgan fingerprint density at radius 2 is 0.964 bits per heavy atom. The number of halogens is 1. The van der Waals surface area contributed by atoms with Crippen LogP contribution >= 0.6 is 11.6 Å². The van der Waals surface area contributed by atoms with Crippen molar-refractivity contribution in [2.75, 3.05) is 21.3 Å². The zero-order valence-electron chi connectivity index (χ0n) is 47.6. The van der Waals surface area contributed by atoms with Crippen molar-refractivity contribution >= 4 is 69.8 Å². The van der Waals surface area contributed by atoms with E-state index in [0.29, 0.717) is 6.54 Å². The van der Waals surface area contributed by atoms with Crippen LogP contribution in [-0.4, -0.2) is 138 Å². The second-order valence-electron chi connectivity index (χ2n) is 15.0. The smallest absolute Gasteiger partial charge is 0.541 e. The zero-order chi connectivity index (χ0) is 62.1. The number of carboxylic acid groups (broad SMARTS) is 1. The molecule has 440 valence electrons. The van der Waals surface area contributed by atoms with Gasteiger partial charge >= 0.3 is 53.6 Å². The van der Waals surface area contributed by atoms with Crippen LogP contribution in [-0.2, 0) is 56.1 Å². The minimum atomic E-state index is -1.75. The molecule has 0 atom stereocenters. The number of nitrogens with two attached hydrogens (primary N) is 1. The van der Waals surface area contributed by atoms with Crippen molar-refractivity contribution in [3.8, 4) is 0 Å². The molecule has 0 saturated carbocycles. The minimum absolute atomic E-state index is 0. The molecule has 2 aromatic carbocycles. The number of hydrogen-bond acceptors (Lipinski definition) is 20. The number of methoxy groups -OCH3 is 3. The van der Waals surface area contributed by atoms with E-state index in [2.05, 4.69) is 140 Å². The SMILES string of the molecule is CCC.CCC.CCC.COC(=O)C(=O)Cl.COC(=O)C(=O)c1ncc[nH]1.COC(=O)C(=O)c1nccn1Cc1ccccc1.NC(=O)C(=O)c1ncc[nH]1.O=C([O-])C(=O)c1ncc[nH]1.[Li+].c1c[nH]cn1.c1ccc(Cn2ccnc2)cc1. The Balaban J connectivity index is -0.000000896. The van der Waals surface area contributed by atoms with Crippen LogP contribution in [0.4, 0.5) is 0 Å². The molecule has 29 heteroatoms. The number of nitrogens with one attached hydrogen (secondary N) is 4. The van der Waals surface area contributed by atoms with Crippen molar-refractivity contribution in [3.05, 3.63) is 182 Å². The fourth-order valence-electron chi connectivity index (χ4n) is 4.65. The van der Waals surface area contributed by atoms with Crippen LogP contribution < -0.4 is 29.7 Å². The predicted molar refractivity (Wildman–Crippen MR) is 296 cm³/mol. The second-order valence-corrected chi connectivity index (χ2v) is 15.3. The van der Waals surface area contributed by atoms with Crippen molar-refractivity contribution in [1.29, 1.82) is 0 Å². The number of benzene rings is 2. The van der Waals surface area contributed by atoms with Crippen molar-refractivity contribution in [2.24, 2.45) is 5.73 Å². The van der Waals surface area contributed by atoms with Gasteiger partial charge in [0.1, 0.15) is 5.97 Å². The molecule has 8 rings (SSSR count). The first-order valence-electron chi connectivity index (χ1n) is 24.4. The van der Waals surface area contributed by atoms with Gasteiger partial charge in [-0.3, -0.25) is 28.8 Å². The average Bonchev–Trinajstić information content (AvgIpc) is 4.36. The molecule has 6 N–H and O–H groups in total. The van der Waals surface area contributed by atoms with Gasteiger partial charge in [-0.15, -0.1) is 0 Å². The third-order valence-electron chi connectivity index (χ3n) is 7.92. The molecule has 0 bridgehead atoms. The number of imidazole rings is 6. The summed E-state index contributed by atoms with van der Waals surface area (Å²) in [7, 11) is 3.40. The van der Waals surface area contributed by atoms with Crippen molar-refractivity contribution in [3.63, 3.8) is 0 Å². The second kappa shape index (κ2) is 49.3. The summed E-state index contributed by atoms with van der Waals surface area (Å²) in [5.74, 6) is -9.19. The summed E-state index contributed by atoms with van der Waals surface area (Å²) in [6.07, 6.45) is 25.9. The topological polar surface area (TPSA) is 398 Å². The Hall–Kier alpha value is -9.71. The van der Waals surface area contributed by atoms with Crippen LogP contribution in [0.25, 0.3) is 0 Å². The van der Waals surface area contributed by atoms with Crippen LogP contribution in [0.2, 0.25) is 0 Å². The van der Waals surface area contributed by atoms with Gasteiger partial charge in [0.05, 0.1) is 34.0 Å². The van der Waals surface area contributed by atoms with Gasteiger partial charge in [0.25, 0.3) is 11.7 Å². The largest absolute Gasteiger partial charge is 1.00 e. The molecule has 0 aliphatic carbocycles. The Morgan fingerprint density at radius 3 is 1.29 bits per heavy atom. The third-order valence-corrected chi connectivity index (χ3v) is 8.08. The Kier molecular flexibility index (Phi) is 46.1. The van der Waals surface area contributed by atoms with E-state index in [1.807, 2.05) is 61.1 Å². The van der Waals surface area contributed by atoms with Crippen LogP contribution in [0.5, 0.6) is 0 Å². The van der Waals surface area contributed by atoms with Crippen molar-refractivity contribution in [1.82, 2.24) is 59.0 Å². The van der Waals surface area contributed by atoms with Gasteiger partial charge in [0.15, 0.2) is 23.3 Å². The number of primary amides is 1. The number of esters is 3. The number of carboxylic acids is 1. The molecule has 0 aliphatic heterocycles. The van der Waals surface area contributed by atoms with Crippen LogP contribution in [0.3, 0.4) is 0 Å². The molecule has 0 unspecified atom stereocenters. The molecule has 8 aromatic rings. The summed E-state index contributed by atoms with van der Waals surface area (Å²) in [6, 6.07) is 20.0. The van der Waals surface area contributed by atoms with Gasteiger partial charge in [-0.25, -0.2) is 44.3 Å². The maximum atomic E-state index is 11.7. The Bertz CT molecular complexity index is 2900. The molecule has 0 radical (unpaired) electrons. The number of hydrogen-bond donors (Lipinski definition) is 5. The van der Waals surface area contributed by atoms with E-state index < -0.39 is 58.2 Å². The molecule has 0 saturated heterocycles. The normalized spacial score (nSPS) is 8.84. The van der Waals surface area contributed by atoms with Gasteiger partial charge in [0.2, 0.25) is 5.78 Å². The third kappa shape index (κ3) is 36.2. The van der Waals surface area contributed by atoms with Gasteiger partial charge in [-0.2, -0.15) is 0 Å². The van der Waals surface area contributed by atoms with E-state index in [1.54, 1.807) is 35.7 Å². The number of nitrogens with zero attached hydrogens (tertiary/aromatic N) is 8. The number of ether oxygens (including phenoxy) is 3. The predicted octanol–water partition coefficient (Wildman–Crippen LogP) is 1.99. The van der Waals surface area contributed by atoms with Crippen molar-refractivity contribution < 1.29 is 86.1 Å². The van der Waals surface area contributed by atoms with Crippen LogP contribution in [0.15, 0.2) is 148 Å². The molecule has 0 fully saturated rings. The first-order chi connectivity index (χ1) is 39.3. The number of rotatable bonds is 13. The van der Waals surface area contributed by atoms with Crippen LogP contribution in [0.1, 0.15) is 114 Å². The van der Waals surface area contributed by atoms with E-state index in [0.717, 1.165) is 26.3 Å². The number of amides is 1. The fourth-order valence-corrected chi connectivity index (χ4v) is 4.73. The van der Waals surface area contributed by atoms with Gasteiger partial charge in [-0.05, 0) is 22.7 Å². The first kappa shape index (κ1) is 77.5. The van der Waals surface area contributed by atoms with Gasteiger partial charge < -0.3 is 58.9 Å². The van der Waals surface area contributed by atoms with E-state index in [4.69, 9.17) is 0 Å². The number of aromatic amines is 4.